The van der Waals surface area contributed by atoms with Gasteiger partial charge in [-0.15, -0.1) is 10.2 Å². The lowest BCUT2D eigenvalue weighted by Gasteiger charge is -2.24. The molecule has 2 rings (SSSR count). The van der Waals surface area contributed by atoms with Crippen molar-refractivity contribution in [2.45, 2.75) is 50.1 Å². The normalized spacial score (nSPS) is 11.6. The molecule has 10 heteroatoms. The summed E-state index contributed by atoms with van der Waals surface area (Å²) in [6.45, 7) is 8.16. The number of rotatable bonds is 9. The molecule has 7 nitrogen and oxygen atoms in total. The number of nitrogens with zero attached hydrogens (tertiary/aromatic N) is 3. The van der Waals surface area contributed by atoms with Crippen LogP contribution in [0.1, 0.15) is 37.8 Å². The zero-order chi connectivity index (χ0) is 20.9. The maximum Gasteiger partial charge on any atom is 0.232 e. The van der Waals surface area contributed by atoms with E-state index in [-0.39, 0.29) is 18.9 Å². The van der Waals surface area contributed by atoms with Crippen molar-refractivity contribution in [2.24, 2.45) is 0 Å². The van der Waals surface area contributed by atoms with Crippen LogP contribution in [0, 0.1) is 13.8 Å². The van der Waals surface area contributed by atoms with Gasteiger partial charge in [-0.05, 0) is 37.5 Å². The maximum atomic E-state index is 12.3. The van der Waals surface area contributed by atoms with Crippen molar-refractivity contribution in [2.75, 3.05) is 22.4 Å². The molecule has 0 atom stereocenters. The number of amides is 1. The zero-order valence-electron chi connectivity index (χ0n) is 16.7. The van der Waals surface area contributed by atoms with Gasteiger partial charge in [-0.2, -0.15) is 0 Å². The average molecular weight is 443 g/mol. The van der Waals surface area contributed by atoms with E-state index in [2.05, 4.69) is 29.4 Å². The Morgan fingerprint density at radius 2 is 2.00 bits per heavy atom. The fourth-order valence-electron chi connectivity index (χ4n) is 2.53. The lowest BCUT2D eigenvalue weighted by molar-refractivity contribution is -0.116. The number of nitrogens with one attached hydrogen (secondary N) is 1. The summed E-state index contributed by atoms with van der Waals surface area (Å²) in [4.78, 5) is 12.2. The summed E-state index contributed by atoms with van der Waals surface area (Å²) in [6, 6.07) is 5.70. The highest BCUT2D eigenvalue weighted by Gasteiger charge is 2.20. The van der Waals surface area contributed by atoms with Crippen molar-refractivity contribution in [3.63, 3.8) is 0 Å². The SMILES string of the molecule is Cc1ccc(C)c(N(CCCC(=O)Nc2nnc(SC(C)C)s2)S(C)(=O)=O)c1. The van der Waals surface area contributed by atoms with Crippen molar-refractivity contribution in [1.82, 2.24) is 10.2 Å². The molecule has 0 saturated carbocycles. The van der Waals surface area contributed by atoms with E-state index in [4.69, 9.17) is 0 Å². The molecule has 0 aliphatic heterocycles. The molecule has 1 N–H and O–H groups in total. The molecule has 0 fully saturated rings. The second-order valence-corrected chi connectivity index (χ2v) is 11.5. The van der Waals surface area contributed by atoms with Crippen molar-refractivity contribution in [3.05, 3.63) is 29.3 Å². The largest absolute Gasteiger partial charge is 0.301 e. The van der Waals surface area contributed by atoms with Gasteiger partial charge in [0.05, 0.1) is 11.9 Å². The number of carbonyl (C=O) groups is 1. The Bertz CT molecular complexity index is 926. The fourth-order valence-corrected chi connectivity index (χ4v) is 5.53. The van der Waals surface area contributed by atoms with E-state index >= 15 is 0 Å². The number of benzene rings is 1. The zero-order valence-corrected chi connectivity index (χ0v) is 19.2. The van der Waals surface area contributed by atoms with Gasteiger partial charge in [0, 0.05) is 18.2 Å². The first kappa shape index (κ1) is 22.6. The Labute approximate surface area is 175 Å². The maximum absolute atomic E-state index is 12.3. The van der Waals surface area contributed by atoms with Crippen molar-refractivity contribution >= 4 is 49.8 Å². The Hall–Kier alpha value is -1.65. The van der Waals surface area contributed by atoms with Crippen LogP contribution < -0.4 is 9.62 Å². The summed E-state index contributed by atoms with van der Waals surface area (Å²) in [5.41, 5.74) is 2.52. The van der Waals surface area contributed by atoms with Gasteiger partial charge >= 0.3 is 0 Å². The number of aryl methyl sites for hydroxylation is 2. The topological polar surface area (TPSA) is 92.3 Å². The lowest BCUT2D eigenvalue weighted by Crippen LogP contribution is -2.32. The number of anilines is 2. The summed E-state index contributed by atoms with van der Waals surface area (Å²) >= 11 is 2.93. The van der Waals surface area contributed by atoms with Crippen LogP contribution in [-0.4, -0.2) is 42.6 Å². The van der Waals surface area contributed by atoms with Gasteiger partial charge in [0.15, 0.2) is 4.34 Å². The Morgan fingerprint density at radius 1 is 1.29 bits per heavy atom. The first-order valence-corrected chi connectivity index (χ1v) is 12.5. The number of aromatic nitrogens is 2. The highest BCUT2D eigenvalue weighted by atomic mass is 32.2. The van der Waals surface area contributed by atoms with E-state index in [0.29, 0.717) is 22.5 Å². The predicted octanol–water partition coefficient (Wildman–Crippen LogP) is 3.84. The number of carbonyl (C=O) groups excluding carboxylic acids is 1. The number of hydrogen-bond donors (Lipinski definition) is 1. The molecule has 0 bridgehead atoms. The molecule has 0 aliphatic rings. The van der Waals surface area contributed by atoms with Crippen LogP contribution >= 0.6 is 23.1 Å². The van der Waals surface area contributed by atoms with Gasteiger partial charge in [0.1, 0.15) is 0 Å². The molecular weight excluding hydrogens is 416 g/mol. The van der Waals surface area contributed by atoms with E-state index in [0.717, 1.165) is 15.5 Å². The van der Waals surface area contributed by atoms with Gasteiger partial charge in [-0.25, -0.2) is 8.42 Å². The van der Waals surface area contributed by atoms with Gasteiger partial charge in [-0.3, -0.25) is 9.10 Å². The number of thioether (sulfide) groups is 1. The molecule has 0 unspecified atom stereocenters. The summed E-state index contributed by atoms with van der Waals surface area (Å²) in [6.07, 6.45) is 1.78. The fraction of sp³-hybridized carbons (Fsp3) is 0.500. The Kier molecular flexibility index (Phi) is 7.85. The summed E-state index contributed by atoms with van der Waals surface area (Å²) in [5, 5.41) is 11.6. The van der Waals surface area contributed by atoms with Crippen molar-refractivity contribution in [3.8, 4) is 0 Å². The highest BCUT2D eigenvalue weighted by molar-refractivity contribution is 8.01. The predicted molar refractivity (Wildman–Crippen MR) is 117 cm³/mol. The summed E-state index contributed by atoms with van der Waals surface area (Å²) in [5.74, 6) is -0.202. The summed E-state index contributed by atoms with van der Waals surface area (Å²) in [7, 11) is -3.44. The van der Waals surface area contributed by atoms with E-state index in [1.54, 1.807) is 11.8 Å². The minimum absolute atomic E-state index is 0.198. The monoisotopic (exact) mass is 442 g/mol. The Balaban J connectivity index is 1.96. The Morgan fingerprint density at radius 3 is 2.64 bits per heavy atom. The second kappa shape index (κ2) is 9.71. The molecular formula is C18H26N4O3S3. The smallest absolute Gasteiger partial charge is 0.232 e. The van der Waals surface area contributed by atoms with Crippen LogP contribution in [0.3, 0.4) is 0 Å². The first-order chi connectivity index (χ1) is 13.1. The average Bonchev–Trinajstić information content (AvgIpc) is 2.99. The van der Waals surface area contributed by atoms with Crippen molar-refractivity contribution < 1.29 is 13.2 Å². The van der Waals surface area contributed by atoms with Crippen LogP contribution in [0.4, 0.5) is 10.8 Å². The van der Waals surface area contributed by atoms with E-state index in [1.807, 2.05) is 32.0 Å². The third kappa shape index (κ3) is 6.75. The van der Waals surface area contributed by atoms with Crippen molar-refractivity contribution in [1.29, 1.82) is 0 Å². The molecule has 0 radical (unpaired) electrons. The van der Waals surface area contributed by atoms with Crippen LogP contribution in [0.2, 0.25) is 0 Å². The van der Waals surface area contributed by atoms with E-state index in [9.17, 15) is 13.2 Å². The van der Waals surface area contributed by atoms with Crippen LogP contribution in [-0.2, 0) is 14.8 Å². The molecule has 0 aliphatic carbocycles. The first-order valence-electron chi connectivity index (χ1n) is 8.91. The van der Waals surface area contributed by atoms with Crippen LogP contribution in [0.5, 0.6) is 0 Å². The van der Waals surface area contributed by atoms with Gasteiger partial charge in [-0.1, -0.05) is 49.1 Å². The molecule has 154 valence electrons. The molecule has 0 spiro atoms. The minimum atomic E-state index is -3.44. The van der Waals surface area contributed by atoms with Crippen LogP contribution in [0.25, 0.3) is 0 Å². The summed E-state index contributed by atoms with van der Waals surface area (Å²) < 4.78 is 26.7. The second-order valence-electron chi connectivity index (χ2n) is 6.82. The van der Waals surface area contributed by atoms with Gasteiger partial charge < -0.3 is 5.32 Å². The van der Waals surface area contributed by atoms with Gasteiger partial charge in [0.25, 0.3) is 0 Å². The lowest BCUT2D eigenvalue weighted by atomic mass is 10.1. The third-order valence-electron chi connectivity index (χ3n) is 3.79. The molecule has 1 aromatic carbocycles. The van der Waals surface area contributed by atoms with Crippen LogP contribution in [0.15, 0.2) is 22.5 Å². The molecule has 1 aromatic heterocycles. The minimum Gasteiger partial charge on any atom is -0.301 e. The third-order valence-corrected chi connectivity index (χ3v) is 6.89. The molecule has 2 aromatic rings. The molecule has 1 heterocycles. The quantitative estimate of drug-likeness (QED) is 0.468. The van der Waals surface area contributed by atoms with E-state index < -0.39 is 10.0 Å². The highest BCUT2D eigenvalue weighted by Crippen LogP contribution is 2.28. The molecule has 28 heavy (non-hydrogen) atoms. The molecule has 1 amide bonds. The van der Waals surface area contributed by atoms with E-state index in [1.165, 1.54) is 21.9 Å². The number of sulfonamides is 1. The molecule has 0 saturated heterocycles. The number of hydrogen-bond acceptors (Lipinski definition) is 7. The van der Waals surface area contributed by atoms with Gasteiger partial charge in [0.2, 0.25) is 21.1 Å². The standard InChI is InChI=1S/C18H26N4O3S3/c1-12(2)26-18-21-20-17(27-18)19-16(23)7-6-10-22(28(5,24)25)15-11-13(3)8-9-14(15)4/h8-9,11-12H,6-7,10H2,1-5H3,(H,19,20,23).